The largest absolute Gasteiger partial charge is 0.497 e. The molecule has 0 bridgehead atoms. The predicted octanol–water partition coefficient (Wildman–Crippen LogP) is 3.44. The van der Waals surface area contributed by atoms with Crippen molar-refractivity contribution in [2.24, 2.45) is 0 Å². The lowest BCUT2D eigenvalue weighted by atomic mass is 10.1. The molecule has 3 aromatic rings. The number of amides is 1. The Morgan fingerprint density at radius 2 is 1.93 bits per heavy atom. The first-order chi connectivity index (χ1) is 13.7. The van der Waals surface area contributed by atoms with E-state index in [2.05, 4.69) is 15.4 Å². The van der Waals surface area contributed by atoms with Crippen molar-refractivity contribution < 1.29 is 18.8 Å². The SMILES string of the molecule is COc1cccc(-c2cc(C(=O)Nc3ccccc3N3CCOCC3)no2)c1. The zero-order valence-corrected chi connectivity index (χ0v) is 15.6. The fourth-order valence-electron chi connectivity index (χ4n) is 3.14. The first-order valence-electron chi connectivity index (χ1n) is 9.09. The number of carbonyl (C=O) groups excluding carboxylic acids is 1. The zero-order chi connectivity index (χ0) is 19.3. The third-order valence-corrected chi connectivity index (χ3v) is 4.60. The Morgan fingerprint density at radius 1 is 1.11 bits per heavy atom. The second-order valence-corrected chi connectivity index (χ2v) is 6.38. The minimum Gasteiger partial charge on any atom is -0.497 e. The molecule has 7 heteroatoms. The molecule has 1 N–H and O–H groups in total. The molecule has 4 rings (SSSR count). The minimum absolute atomic E-state index is 0.217. The summed E-state index contributed by atoms with van der Waals surface area (Å²) in [4.78, 5) is 14.9. The Morgan fingerprint density at radius 3 is 2.75 bits per heavy atom. The maximum absolute atomic E-state index is 12.7. The van der Waals surface area contributed by atoms with Crippen LogP contribution in [-0.4, -0.2) is 44.5 Å². The fourth-order valence-corrected chi connectivity index (χ4v) is 3.14. The Labute approximate surface area is 162 Å². The lowest BCUT2D eigenvalue weighted by Gasteiger charge is -2.30. The van der Waals surface area contributed by atoms with E-state index >= 15 is 0 Å². The quantitative estimate of drug-likeness (QED) is 0.732. The highest BCUT2D eigenvalue weighted by atomic mass is 16.5. The summed E-state index contributed by atoms with van der Waals surface area (Å²) < 4.78 is 16.0. The molecule has 0 saturated carbocycles. The van der Waals surface area contributed by atoms with Crippen molar-refractivity contribution in [3.63, 3.8) is 0 Å². The molecule has 0 unspecified atom stereocenters. The molecule has 1 aromatic heterocycles. The van der Waals surface area contributed by atoms with Gasteiger partial charge in [0.2, 0.25) is 0 Å². The molecule has 2 heterocycles. The van der Waals surface area contributed by atoms with E-state index in [1.165, 1.54) is 0 Å². The molecule has 0 radical (unpaired) electrons. The van der Waals surface area contributed by atoms with Gasteiger partial charge in [0.05, 0.1) is 31.7 Å². The van der Waals surface area contributed by atoms with Crippen LogP contribution in [0.2, 0.25) is 0 Å². The van der Waals surface area contributed by atoms with Crippen molar-refractivity contribution >= 4 is 17.3 Å². The summed E-state index contributed by atoms with van der Waals surface area (Å²) in [5, 5.41) is 6.87. The third kappa shape index (κ3) is 3.84. The van der Waals surface area contributed by atoms with Crippen LogP contribution in [0.1, 0.15) is 10.5 Å². The molecule has 0 atom stereocenters. The van der Waals surface area contributed by atoms with Crippen molar-refractivity contribution in [1.29, 1.82) is 0 Å². The number of methoxy groups -OCH3 is 1. The van der Waals surface area contributed by atoms with Crippen LogP contribution in [-0.2, 0) is 4.74 Å². The first kappa shape index (κ1) is 18.1. The molecule has 1 amide bonds. The van der Waals surface area contributed by atoms with Crippen LogP contribution in [0.4, 0.5) is 11.4 Å². The van der Waals surface area contributed by atoms with Crippen molar-refractivity contribution in [1.82, 2.24) is 5.16 Å². The average Bonchev–Trinajstić information content (AvgIpc) is 3.25. The maximum atomic E-state index is 12.7. The number of benzene rings is 2. The van der Waals surface area contributed by atoms with Crippen LogP contribution < -0.4 is 15.0 Å². The van der Waals surface area contributed by atoms with Gasteiger partial charge in [-0.05, 0) is 24.3 Å². The fraction of sp³-hybridized carbons (Fsp3) is 0.238. The molecule has 2 aromatic carbocycles. The van der Waals surface area contributed by atoms with E-state index < -0.39 is 0 Å². The average molecular weight is 379 g/mol. The topological polar surface area (TPSA) is 76.8 Å². The number of rotatable bonds is 5. The molecular weight excluding hydrogens is 358 g/mol. The molecule has 0 aliphatic carbocycles. The number of carbonyl (C=O) groups is 1. The van der Waals surface area contributed by atoms with Gasteiger partial charge in [-0.3, -0.25) is 4.79 Å². The van der Waals surface area contributed by atoms with Crippen molar-refractivity contribution in [2.45, 2.75) is 0 Å². The number of hydrogen-bond donors (Lipinski definition) is 1. The van der Waals surface area contributed by atoms with Crippen LogP contribution >= 0.6 is 0 Å². The van der Waals surface area contributed by atoms with Gasteiger partial charge in [0, 0.05) is 24.7 Å². The number of nitrogens with one attached hydrogen (secondary N) is 1. The molecule has 1 aliphatic heterocycles. The van der Waals surface area contributed by atoms with E-state index in [1.54, 1.807) is 13.2 Å². The van der Waals surface area contributed by atoms with Crippen LogP contribution in [0.5, 0.6) is 5.75 Å². The van der Waals surface area contributed by atoms with Gasteiger partial charge in [0.25, 0.3) is 5.91 Å². The predicted molar refractivity (Wildman–Crippen MR) is 106 cm³/mol. The Balaban J connectivity index is 1.53. The van der Waals surface area contributed by atoms with Crippen LogP contribution in [0.25, 0.3) is 11.3 Å². The smallest absolute Gasteiger partial charge is 0.277 e. The third-order valence-electron chi connectivity index (χ3n) is 4.60. The Kier molecular flexibility index (Phi) is 5.25. The van der Waals surface area contributed by atoms with Gasteiger partial charge < -0.3 is 24.2 Å². The van der Waals surface area contributed by atoms with E-state index in [0.717, 1.165) is 30.0 Å². The molecular formula is C21H21N3O4. The Hall–Kier alpha value is -3.32. The van der Waals surface area contributed by atoms with E-state index in [-0.39, 0.29) is 11.6 Å². The summed E-state index contributed by atoms with van der Waals surface area (Å²) in [5.41, 5.74) is 2.71. The zero-order valence-electron chi connectivity index (χ0n) is 15.6. The standard InChI is InChI=1S/C21H21N3O4/c1-26-16-6-4-5-15(13-16)20-14-18(23-28-20)21(25)22-17-7-2-3-8-19(17)24-9-11-27-12-10-24/h2-8,13-14H,9-12H2,1H3,(H,22,25). The normalized spacial score (nSPS) is 14.0. The highest BCUT2D eigenvalue weighted by Gasteiger charge is 2.18. The second kappa shape index (κ2) is 8.14. The van der Waals surface area contributed by atoms with Gasteiger partial charge in [0.15, 0.2) is 11.5 Å². The Bertz CT molecular complexity index is 964. The number of para-hydroxylation sites is 2. The number of morpholine rings is 1. The van der Waals surface area contributed by atoms with E-state index in [4.69, 9.17) is 14.0 Å². The van der Waals surface area contributed by atoms with Gasteiger partial charge >= 0.3 is 0 Å². The molecule has 1 fully saturated rings. The number of aromatic nitrogens is 1. The van der Waals surface area contributed by atoms with Crippen LogP contribution in [0, 0.1) is 0 Å². The van der Waals surface area contributed by atoms with E-state index in [0.29, 0.717) is 24.7 Å². The van der Waals surface area contributed by atoms with Crippen molar-refractivity contribution in [3.05, 3.63) is 60.3 Å². The molecule has 1 saturated heterocycles. The number of ether oxygens (including phenoxy) is 2. The van der Waals surface area contributed by atoms with Gasteiger partial charge in [-0.25, -0.2) is 0 Å². The first-order valence-corrected chi connectivity index (χ1v) is 9.09. The lowest BCUT2D eigenvalue weighted by Crippen LogP contribution is -2.36. The van der Waals surface area contributed by atoms with Gasteiger partial charge in [-0.15, -0.1) is 0 Å². The van der Waals surface area contributed by atoms with Crippen molar-refractivity contribution in [3.8, 4) is 17.1 Å². The summed E-state index contributed by atoms with van der Waals surface area (Å²) >= 11 is 0. The van der Waals surface area contributed by atoms with Crippen LogP contribution in [0.3, 0.4) is 0 Å². The van der Waals surface area contributed by atoms with Crippen LogP contribution in [0.15, 0.2) is 59.1 Å². The molecule has 144 valence electrons. The number of nitrogens with zero attached hydrogens (tertiary/aromatic N) is 2. The summed E-state index contributed by atoms with van der Waals surface area (Å²) in [7, 11) is 1.60. The monoisotopic (exact) mass is 379 g/mol. The van der Waals surface area contributed by atoms with Gasteiger partial charge in [-0.1, -0.05) is 29.4 Å². The number of anilines is 2. The highest BCUT2D eigenvalue weighted by Crippen LogP contribution is 2.28. The molecule has 7 nitrogen and oxygen atoms in total. The minimum atomic E-state index is -0.321. The van der Waals surface area contributed by atoms with E-state index in [1.807, 2.05) is 48.5 Å². The highest BCUT2D eigenvalue weighted by molar-refractivity contribution is 6.05. The summed E-state index contributed by atoms with van der Waals surface area (Å²) in [6, 6.07) is 16.7. The molecule has 1 aliphatic rings. The summed E-state index contributed by atoms with van der Waals surface area (Å²) in [5.74, 6) is 0.892. The molecule has 0 spiro atoms. The second-order valence-electron chi connectivity index (χ2n) is 6.38. The molecule has 28 heavy (non-hydrogen) atoms. The summed E-state index contributed by atoms with van der Waals surface area (Å²) in [6.45, 7) is 2.93. The van der Waals surface area contributed by atoms with E-state index in [9.17, 15) is 4.79 Å². The van der Waals surface area contributed by atoms with Gasteiger partial charge in [-0.2, -0.15) is 0 Å². The maximum Gasteiger partial charge on any atom is 0.277 e. The van der Waals surface area contributed by atoms with Gasteiger partial charge in [0.1, 0.15) is 5.75 Å². The van der Waals surface area contributed by atoms with Crippen molar-refractivity contribution in [2.75, 3.05) is 43.6 Å². The number of hydrogen-bond acceptors (Lipinski definition) is 6. The summed E-state index contributed by atoms with van der Waals surface area (Å²) in [6.07, 6.45) is 0. The lowest BCUT2D eigenvalue weighted by molar-refractivity contribution is 0.101.